The van der Waals surface area contributed by atoms with Crippen LogP contribution in [-0.4, -0.2) is 29.9 Å². The third kappa shape index (κ3) is 12.8. The Morgan fingerprint density at radius 3 is 2.11 bits per heavy atom. The molecule has 1 saturated heterocycles. The molecule has 2 unspecified atom stereocenters. The van der Waals surface area contributed by atoms with Crippen molar-refractivity contribution in [2.75, 3.05) is 6.54 Å². The summed E-state index contributed by atoms with van der Waals surface area (Å²) in [7, 11) is 0. The molecule has 1 aromatic rings. The number of ketones is 2. The van der Waals surface area contributed by atoms with E-state index < -0.39 is 0 Å². The first-order valence-corrected chi connectivity index (χ1v) is 13.1. The molecule has 1 fully saturated rings. The van der Waals surface area contributed by atoms with Crippen molar-refractivity contribution in [1.29, 1.82) is 0 Å². The Labute approximate surface area is 212 Å². The van der Waals surface area contributed by atoms with Crippen LogP contribution in [0.3, 0.4) is 0 Å². The number of Topliss-reactive ketones (excluding diaryl/α,β-unsaturated/α-hetero) is 2. The van der Waals surface area contributed by atoms with Crippen molar-refractivity contribution in [3.8, 4) is 0 Å². The first kappa shape index (κ1) is 32.7. The van der Waals surface area contributed by atoms with E-state index in [1.54, 1.807) is 12.1 Å². The van der Waals surface area contributed by atoms with E-state index in [0.717, 1.165) is 18.0 Å². The molecule has 1 aliphatic rings. The first-order valence-electron chi connectivity index (χ1n) is 13.1. The largest absolute Gasteiger partial charge is 0.330 e. The number of amides is 2. The van der Waals surface area contributed by atoms with Crippen LogP contribution in [0.1, 0.15) is 119 Å². The average Bonchev–Trinajstić information content (AvgIpc) is 2.79. The second kappa shape index (κ2) is 18.0. The fraction of sp³-hybridized carbons (Fsp3) is 0.655. The van der Waals surface area contributed by atoms with Gasteiger partial charge < -0.3 is 5.73 Å². The lowest BCUT2D eigenvalue weighted by atomic mass is 9.88. The van der Waals surface area contributed by atoms with Crippen molar-refractivity contribution in [2.45, 2.75) is 99.8 Å². The van der Waals surface area contributed by atoms with E-state index in [1.165, 1.54) is 52.4 Å². The van der Waals surface area contributed by atoms with Crippen LogP contribution >= 0.6 is 0 Å². The number of hydrogen-bond acceptors (Lipinski definition) is 5. The Hall–Kier alpha value is -2.34. The van der Waals surface area contributed by atoms with Gasteiger partial charge in [-0.1, -0.05) is 71.6 Å². The molecule has 1 heterocycles. The highest BCUT2D eigenvalue weighted by atomic mass is 16.2. The average molecular weight is 489 g/mol. The summed E-state index contributed by atoms with van der Waals surface area (Å²) in [5, 5.41) is 2.33. The summed E-state index contributed by atoms with van der Waals surface area (Å²) < 4.78 is 0. The number of carbonyl (C=O) groups excluding carboxylic acids is 4. The predicted molar refractivity (Wildman–Crippen MR) is 143 cm³/mol. The molecule has 0 saturated carbocycles. The highest BCUT2D eigenvalue weighted by Crippen LogP contribution is 2.20. The third-order valence-electron chi connectivity index (χ3n) is 6.45. The van der Waals surface area contributed by atoms with Crippen LogP contribution in [0.2, 0.25) is 0 Å². The van der Waals surface area contributed by atoms with Crippen molar-refractivity contribution in [2.24, 2.45) is 23.5 Å². The Balaban J connectivity index is 0.000000498. The molecule has 0 aromatic heterocycles. The van der Waals surface area contributed by atoms with Crippen molar-refractivity contribution >= 4 is 23.4 Å². The predicted octanol–water partition coefficient (Wildman–Crippen LogP) is 6.04. The summed E-state index contributed by atoms with van der Waals surface area (Å²) in [6, 6.07) is 5.31. The van der Waals surface area contributed by atoms with Gasteiger partial charge >= 0.3 is 0 Å². The number of carbonyl (C=O) groups is 4. The van der Waals surface area contributed by atoms with Crippen LogP contribution in [0.15, 0.2) is 18.2 Å². The minimum absolute atomic E-state index is 0.0349. The number of hydrogen-bond donors (Lipinski definition) is 2. The zero-order valence-corrected chi connectivity index (χ0v) is 23.0. The van der Waals surface area contributed by atoms with Crippen molar-refractivity contribution in [3.05, 3.63) is 34.9 Å². The van der Waals surface area contributed by atoms with E-state index in [1.807, 2.05) is 26.8 Å². The number of nitrogens with two attached hydrogens (primary N) is 1. The van der Waals surface area contributed by atoms with Gasteiger partial charge in [0.1, 0.15) is 0 Å². The van der Waals surface area contributed by atoms with E-state index >= 15 is 0 Å². The Morgan fingerprint density at radius 1 is 1.06 bits per heavy atom. The molecule has 198 valence electrons. The fourth-order valence-electron chi connectivity index (χ4n) is 4.23. The maximum absolute atomic E-state index is 11.2. The zero-order valence-electron chi connectivity index (χ0n) is 23.0. The van der Waals surface area contributed by atoms with Gasteiger partial charge in [0.05, 0.1) is 0 Å². The number of unbranched alkanes of at least 4 members (excludes halogenated alkanes) is 1. The van der Waals surface area contributed by atoms with Gasteiger partial charge in [0.15, 0.2) is 11.6 Å². The smallest absolute Gasteiger partial charge is 0.229 e. The van der Waals surface area contributed by atoms with E-state index in [0.29, 0.717) is 29.9 Å². The van der Waals surface area contributed by atoms with Crippen molar-refractivity contribution in [3.63, 3.8) is 0 Å². The molecule has 1 aromatic carbocycles. The molecular weight excluding hydrogens is 440 g/mol. The highest BCUT2D eigenvalue weighted by molar-refractivity contribution is 6.08. The number of nitrogens with one attached hydrogen (secondary N) is 1. The topological polar surface area (TPSA) is 106 Å². The number of benzene rings is 1. The first-order chi connectivity index (χ1) is 16.5. The lowest BCUT2D eigenvalue weighted by Crippen LogP contribution is -2.42. The van der Waals surface area contributed by atoms with Crippen molar-refractivity contribution < 1.29 is 19.2 Å². The van der Waals surface area contributed by atoms with E-state index in [-0.39, 0.29) is 29.3 Å². The summed E-state index contributed by atoms with van der Waals surface area (Å²) in [5.74, 6) is 0.967. The molecule has 0 radical (unpaired) electrons. The summed E-state index contributed by atoms with van der Waals surface area (Å²) in [6.45, 7) is 14.2. The number of aryl methyl sites for hydroxylation is 1. The molecule has 35 heavy (non-hydrogen) atoms. The molecule has 6 heteroatoms. The zero-order chi connectivity index (χ0) is 27.0. The van der Waals surface area contributed by atoms with Crippen LogP contribution in [0.5, 0.6) is 0 Å². The third-order valence-corrected chi connectivity index (χ3v) is 6.45. The maximum Gasteiger partial charge on any atom is 0.229 e. The second-order valence-corrected chi connectivity index (χ2v) is 9.76. The van der Waals surface area contributed by atoms with Crippen LogP contribution < -0.4 is 11.1 Å². The van der Waals surface area contributed by atoms with Crippen LogP contribution in [0, 0.1) is 24.7 Å². The number of rotatable bonds is 10. The minimum Gasteiger partial charge on any atom is -0.330 e. The maximum atomic E-state index is 11.2. The normalized spacial score (nSPS) is 15.9. The minimum atomic E-state index is -0.132. The summed E-state index contributed by atoms with van der Waals surface area (Å²) in [6.07, 6.45) is 9.22. The van der Waals surface area contributed by atoms with Gasteiger partial charge in [0.25, 0.3) is 0 Å². The Morgan fingerprint density at radius 2 is 1.69 bits per heavy atom. The Kier molecular flexibility index (Phi) is 16.8. The lowest BCUT2D eigenvalue weighted by Gasteiger charge is -2.23. The number of imide groups is 1. The molecule has 2 amide bonds. The van der Waals surface area contributed by atoms with Gasteiger partial charge in [-0.3, -0.25) is 24.5 Å². The molecule has 3 N–H and O–H groups in total. The van der Waals surface area contributed by atoms with E-state index in [4.69, 9.17) is 5.73 Å². The molecule has 2 atom stereocenters. The van der Waals surface area contributed by atoms with Crippen LogP contribution in [0.4, 0.5) is 0 Å². The fourth-order valence-corrected chi connectivity index (χ4v) is 4.23. The van der Waals surface area contributed by atoms with E-state index in [9.17, 15) is 19.2 Å². The summed E-state index contributed by atoms with van der Waals surface area (Å²) in [4.78, 5) is 44.2. The molecule has 0 spiro atoms. The van der Waals surface area contributed by atoms with Crippen LogP contribution in [-0.2, 0) is 9.59 Å². The van der Waals surface area contributed by atoms with Gasteiger partial charge in [0, 0.05) is 23.5 Å². The van der Waals surface area contributed by atoms with Gasteiger partial charge in [-0.15, -0.1) is 0 Å². The molecule has 6 nitrogen and oxygen atoms in total. The monoisotopic (exact) mass is 488 g/mol. The quantitative estimate of drug-likeness (QED) is 0.308. The number of piperidine rings is 1. The van der Waals surface area contributed by atoms with Crippen molar-refractivity contribution in [1.82, 2.24) is 5.32 Å². The SMILES string of the molecule is CC(=O)c1cccc(C)c1C(C)=O.CC(C)C1CCC(=O)NC1=O.CCCCC(CC)CCCN. The summed E-state index contributed by atoms with van der Waals surface area (Å²) >= 11 is 0. The highest BCUT2D eigenvalue weighted by Gasteiger charge is 2.28. The molecule has 0 aliphatic carbocycles. The van der Waals surface area contributed by atoms with Crippen LogP contribution in [0.25, 0.3) is 0 Å². The molecular formula is C29H48N2O4. The Bertz CT molecular complexity index is 809. The second-order valence-electron chi connectivity index (χ2n) is 9.76. The van der Waals surface area contributed by atoms with Gasteiger partial charge in [-0.25, -0.2) is 0 Å². The molecule has 0 bridgehead atoms. The van der Waals surface area contributed by atoms with Gasteiger partial charge in [0.2, 0.25) is 11.8 Å². The summed E-state index contributed by atoms with van der Waals surface area (Å²) in [5.41, 5.74) is 7.39. The van der Waals surface area contributed by atoms with Gasteiger partial charge in [-0.05, 0) is 64.0 Å². The standard InChI is InChI=1S/C11H12O2.C10H23N.C8H13NO2/c1-7-5-4-6-10(8(2)12)11(7)9(3)13;1-3-5-7-10(4-2)8-6-9-11;1-5(2)6-3-4-7(10)9-8(6)11/h4-6H,1-3H3;10H,3-9,11H2,1-2H3;5-6H,3-4H2,1-2H3,(H,9,10,11). The molecule has 1 aliphatic heterocycles. The lowest BCUT2D eigenvalue weighted by molar-refractivity contribution is -0.137. The molecule has 2 rings (SSSR count). The van der Waals surface area contributed by atoms with E-state index in [2.05, 4.69) is 19.2 Å². The van der Waals surface area contributed by atoms with Gasteiger partial charge in [-0.2, -0.15) is 0 Å².